The second kappa shape index (κ2) is 3.09. The van der Waals surface area contributed by atoms with Crippen LogP contribution in [0.5, 0.6) is 0 Å². The van der Waals surface area contributed by atoms with Crippen LogP contribution in [0.25, 0.3) is 0 Å². The highest BCUT2D eigenvalue weighted by Gasteiger charge is 2.23. The van der Waals surface area contributed by atoms with Crippen molar-refractivity contribution in [2.24, 2.45) is 7.05 Å². The standard InChI is InChI=1S/C9H13ClN2/c1-12-9(5-10)8(6-11-12)7-3-2-4-7/h6-7H,2-5H2,1H3. The van der Waals surface area contributed by atoms with Crippen LogP contribution in [-0.2, 0) is 12.9 Å². The van der Waals surface area contributed by atoms with Crippen LogP contribution in [0.4, 0.5) is 0 Å². The Hall–Kier alpha value is -0.500. The van der Waals surface area contributed by atoms with Gasteiger partial charge in [-0.1, -0.05) is 6.42 Å². The number of aromatic nitrogens is 2. The summed E-state index contributed by atoms with van der Waals surface area (Å²) < 4.78 is 1.89. The lowest BCUT2D eigenvalue weighted by atomic mass is 9.80. The predicted octanol–water partition coefficient (Wildman–Crippen LogP) is 2.43. The largest absolute Gasteiger partial charge is 0.271 e. The van der Waals surface area contributed by atoms with Gasteiger partial charge < -0.3 is 0 Å². The third-order valence-electron chi connectivity index (χ3n) is 2.77. The normalized spacial score (nSPS) is 17.8. The molecule has 0 bridgehead atoms. The highest BCUT2D eigenvalue weighted by atomic mass is 35.5. The van der Waals surface area contributed by atoms with E-state index in [-0.39, 0.29) is 0 Å². The van der Waals surface area contributed by atoms with Gasteiger partial charge in [-0.15, -0.1) is 11.6 Å². The van der Waals surface area contributed by atoms with Gasteiger partial charge in [0.15, 0.2) is 0 Å². The van der Waals surface area contributed by atoms with Crippen molar-refractivity contribution >= 4 is 11.6 Å². The summed E-state index contributed by atoms with van der Waals surface area (Å²) in [6.07, 6.45) is 5.97. The van der Waals surface area contributed by atoms with Crippen molar-refractivity contribution in [2.75, 3.05) is 0 Å². The number of aryl methyl sites for hydroxylation is 1. The van der Waals surface area contributed by atoms with Crippen molar-refractivity contribution in [3.05, 3.63) is 17.5 Å². The van der Waals surface area contributed by atoms with Crippen molar-refractivity contribution in [3.8, 4) is 0 Å². The highest BCUT2D eigenvalue weighted by molar-refractivity contribution is 6.17. The Morgan fingerprint density at radius 2 is 2.42 bits per heavy atom. The number of halogens is 1. The van der Waals surface area contributed by atoms with Crippen LogP contribution >= 0.6 is 11.6 Å². The average Bonchev–Trinajstić information content (AvgIpc) is 2.29. The summed E-state index contributed by atoms with van der Waals surface area (Å²) in [5, 5.41) is 4.22. The molecule has 0 N–H and O–H groups in total. The maximum Gasteiger partial charge on any atom is 0.0647 e. The molecule has 1 heterocycles. The molecule has 0 radical (unpaired) electrons. The quantitative estimate of drug-likeness (QED) is 0.646. The van der Waals surface area contributed by atoms with Gasteiger partial charge >= 0.3 is 0 Å². The molecule has 0 unspecified atom stereocenters. The summed E-state index contributed by atoms with van der Waals surface area (Å²) in [4.78, 5) is 0. The maximum absolute atomic E-state index is 5.84. The van der Waals surface area contributed by atoms with Crippen LogP contribution in [-0.4, -0.2) is 9.78 Å². The molecule has 0 aromatic carbocycles. The molecule has 1 aliphatic carbocycles. The first-order chi connectivity index (χ1) is 5.83. The molecule has 1 fully saturated rings. The monoisotopic (exact) mass is 184 g/mol. The average molecular weight is 185 g/mol. The molecule has 2 nitrogen and oxygen atoms in total. The number of hydrogen-bond acceptors (Lipinski definition) is 1. The van der Waals surface area contributed by atoms with E-state index in [1.54, 1.807) is 0 Å². The fraction of sp³-hybridized carbons (Fsp3) is 0.667. The molecule has 66 valence electrons. The molecule has 1 aromatic rings. The first kappa shape index (κ1) is 8.11. The Kier molecular flexibility index (Phi) is 2.09. The highest BCUT2D eigenvalue weighted by Crippen LogP contribution is 2.38. The third kappa shape index (κ3) is 1.14. The molecule has 0 amide bonds. The Labute approximate surface area is 77.5 Å². The van der Waals surface area contributed by atoms with Gasteiger partial charge in [0.25, 0.3) is 0 Å². The van der Waals surface area contributed by atoms with Gasteiger partial charge in [0.2, 0.25) is 0 Å². The predicted molar refractivity (Wildman–Crippen MR) is 49.4 cm³/mol. The van der Waals surface area contributed by atoms with E-state index >= 15 is 0 Å². The zero-order chi connectivity index (χ0) is 8.55. The Morgan fingerprint density at radius 1 is 1.67 bits per heavy atom. The van der Waals surface area contributed by atoms with Crippen LogP contribution in [0.15, 0.2) is 6.20 Å². The molecular weight excluding hydrogens is 172 g/mol. The molecule has 0 aliphatic heterocycles. The molecule has 1 aliphatic rings. The minimum atomic E-state index is 0.586. The van der Waals surface area contributed by atoms with E-state index in [0.717, 1.165) is 5.92 Å². The molecule has 12 heavy (non-hydrogen) atoms. The Balaban J connectivity index is 2.29. The molecule has 0 spiro atoms. The fourth-order valence-corrected chi connectivity index (χ4v) is 2.03. The molecule has 0 atom stereocenters. The summed E-state index contributed by atoms with van der Waals surface area (Å²) in [6, 6.07) is 0. The smallest absolute Gasteiger partial charge is 0.0647 e. The lowest BCUT2D eigenvalue weighted by molar-refractivity contribution is 0.417. The number of alkyl halides is 1. The number of nitrogens with zero attached hydrogens (tertiary/aromatic N) is 2. The van der Waals surface area contributed by atoms with Crippen molar-refractivity contribution in [1.29, 1.82) is 0 Å². The molecule has 0 saturated heterocycles. The van der Waals surface area contributed by atoms with E-state index in [9.17, 15) is 0 Å². The number of hydrogen-bond donors (Lipinski definition) is 0. The molecular formula is C9H13ClN2. The van der Waals surface area contributed by atoms with Crippen LogP contribution in [0, 0.1) is 0 Å². The van der Waals surface area contributed by atoms with Crippen molar-refractivity contribution in [1.82, 2.24) is 9.78 Å². The zero-order valence-corrected chi connectivity index (χ0v) is 8.01. The minimum absolute atomic E-state index is 0.586. The first-order valence-corrected chi connectivity index (χ1v) is 4.93. The molecule has 1 saturated carbocycles. The van der Waals surface area contributed by atoms with Gasteiger partial charge in [-0.05, 0) is 24.3 Å². The van der Waals surface area contributed by atoms with Crippen LogP contribution in [0.3, 0.4) is 0 Å². The van der Waals surface area contributed by atoms with E-state index < -0.39 is 0 Å². The summed E-state index contributed by atoms with van der Waals surface area (Å²) >= 11 is 5.84. The molecule has 2 rings (SSSR count). The summed E-state index contributed by atoms with van der Waals surface area (Å²) in [7, 11) is 1.96. The lowest BCUT2D eigenvalue weighted by Crippen LogP contribution is -2.10. The van der Waals surface area contributed by atoms with Gasteiger partial charge in [-0.25, -0.2) is 0 Å². The van der Waals surface area contributed by atoms with Gasteiger partial charge in [-0.3, -0.25) is 4.68 Å². The van der Waals surface area contributed by atoms with Crippen molar-refractivity contribution in [3.63, 3.8) is 0 Å². The fourth-order valence-electron chi connectivity index (χ4n) is 1.70. The topological polar surface area (TPSA) is 17.8 Å². The summed E-state index contributed by atoms with van der Waals surface area (Å²) in [6.45, 7) is 0. The Bertz CT molecular complexity index is 276. The zero-order valence-electron chi connectivity index (χ0n) is 7.26. The van der Waals surface area contributed by atoms with Crippen molar-refractivity contribution < 1.29 is 0 Å². The van der Waals surface area contributed by atoms with Gasteiger partial charge in [0.1, 0.15) is 0 Å². The van der Waals surface area contributed by atoms with E-state index in [4.69, 9.17) is 11.6 Å². The second-order valence-electron chi connectivity index (χ2n) is 3.43. The third-order valence-corrected chi connectivity index (χ3v) is 3.02. The molecule has 3 heteroatoms. The van der Waals surface area contributed by atoms with E-state index in [1.807, 2.05) is 17.9 Å². The van der Waals surface area contributed by atoms with Gasteiger partial charge in [-0.2, -0.15) is 5.10 Å². The van der Waals surface area contributed by atoms with E-state index in [1.165, 1.54) is 30.5 Å². The lowest BCUT2D eigenvalue weighted by Gasteiger charge is -2.25. The number of rotatable bonds is 2. The van der Waals surface area contributed by atoms with E-state index in [0.29, 0.717) is 5.88 Å². The van der Waals surface area contributed by atoms with Crippen LogP contribution < -0.4 is 0 Å². The van der Waals surface area contributed by atoms with Crippen LogP contribution in [0.2, 0.25) is 0 Å². The second-order valence-corrected chi connectivity index (χ2v) is 3.70. The molecule has 1 aromatic heterocycles. The maximum atomic E-state index is 5.84. The SMILES string of the molecule is Cn1ncc(C2CCC2)c1CCl. The van der Waals surface area contributed by atoms with Gasteiger partial charge in [0, 0.05) is 7.05 Å². The summed E-state index contributed by atoms with van der Waals surface area (Å²) in [5.41, 5.74) is 2.57. The first-order valence-electron chi connectivity index (χ1n) is 4.39. The Morgan fingerprint density at radius 3 is 2.92 bits per heavy atom. The van der Waals surface area contributed by atoms with Crippen LogP contribution in [0.1, 0.15) is 36.4 Å². The minimum Gasteiger partial charge on any atom is -0.271 e. The van der Waals surface area contributed by atoms with Gasteiger partial charge in [0.05, 0.1) is 17.8 Å². The van der Waals surface area contributed by atoms with E-state index in [2.05, 4.69) is 5.10 Å². The summed E-state index contributed by atoms with van der Waals surface area (Å²) in [5.74, 6) is 1.33. The van der Waals surface area contributed by atoms with Crippen molar-refractivity contribution in [2.45, 2.75) is 31.1 Å².